The predicted molar refractivity (Wildman–Crippen MR) is 72.4 cm³/mol. The molecule has 0 aliphatic carbocycles. The number of aromatic carboxylic acids is 1. The average molecular weight is 299 g/mol. The van der Waals surface area contributed by atoms with Crippen LogP contribution in [0.2, 0.25) is 0 Å². The van der Waals surface area contributed by atoms with Crippen LogP contribution in [0.5, 0.6) is 0 Å². The van der Waals surface area contributed by atoms with Crippen LogP contribution in [-0.2, 0) is 17.9 Å². The lowest BCUT2D eigenvalue weighted by Crippen LogP contribution is -2.32. The van der Waals surface area contributed by atoms with Gasteiger partial charge in [0.1, 0.15) is 11.4 Å². The molecule has 0 bridgehead atoms. The van der Waals surface area contributed by atoms with Crippen LogP contribution < -0.4 is 5.32 Å². The van der Waals surface area contributed by atoms with Crippen LogP contribution in [0.4, 0.5) is 9.18 Å². The van der Waals surface area contributed by atoms with E-state index in [1.165, 1.54) is 12.1 Å². The highest BCUT2D eigenvalue weighted by molar-refractivity contribution is 5.89. The Hall–Kier alpha value is -2.15. The number of carboxylic acids is 1. The molecule has 0 aliphatic heterocycles. The van der Waals surface area contributed by atoms with Crippen molar-refractivity contribution in [2.75, 3.05) is 0 Å². The average Bonchev–Trinajstić information content (AvgIpc) is 2.34. The van der Waals surface area contributed by atoms with Gasteiger partial charge < -0.3 is 20.3 Å². The third-order valence-corrected chi connectivity index (χ3v) is 2.53. The van der Waals surface area contributed by atoms with E-state index in [1.54, 1.807) is 20.8 Å². The van der Waals surface area contributed by atoms with E-state index in [1.807, 2.05) is 0 Å². The van der Waals surface area contributed by atoms with Crippen LogP contribution in [-0.4, -0.2) is 27.9 Å². The van der Waals surface area contributed by atoms with Crippen molar-refractivity contribution in [1.29, 1.82) is 0 Å². The van der Waals surface area contributed by atoms with Gasteiger partial charge in [0.2, 0.25) is 0 Å². The van der Waals surface area contributed by atoms with Crippen molar-refractivity contribution in [2.24, 2.45) is 0 Å². The van der Waals surface area contributed by atoms with Crippen LogP contribution in [0.15, 0.2) is 12.1 Å². The molecule has 0 fully saturated rings. The van der Waals surface area contributed by atoms with E-state index in [0.29, 0.717) is 0 Å². The van der Waals surface area contributed by atoms with Crippen LogP contribution >= 0.6 is 0 Å². The smallest absolute Gasteiger partial charge is 0.407 e. The van der Waals surface area contributed by atoms with E-state index in [-0.39, 0.29) is 23.2 Å². The van der Waals surface area contributed by atoms with Gasteiger partial charge in [-0.15, -0.1) is 0 Å². The minimum Gasteiger partial charge on any atom is -0.478 e. The van der Waals surface area contributed by atoms with Crippen molar-refractivity contribution in [1.82, 2.24) is 5.32 Å². The monoisotopic (exact) mass is 299 g/mol. The number of aliphatic hydroxyl groups excluding tert-OH is 1. The van der Waals surface area contributed by atoms with Gasteiger partial charge in [-0.1, -0.05) is 6.07 Å². The maximum absolute atomic E-state index is 14.1. The van der Waals surface area contributed by atoms with Gasteiger partial charge in [0.15, 0.2) is 0 Å². The summed E-state index contributed by atoms with van der Waals surface area (Å²) in [7, 11) is 0. The lowest BCUT2D eigenvalue weighted by molar-refractivity contribution is 0.0522. The first kappa shape index (κ1) is 16.9. The normalized spacial score (nSPS) is 11.1. The first-order valence-electron chi connectivity index (χ1n) is 6.27. The first-order chi connectivity index (χ1) is 9.65. The highest BCUT2D eigenvalue weighted by Crippen LogP contribution is 2.18. The van der Waals surface area contributed by atoms with Crippen LogP contribution in [0, 0.1) is 5.82 Å². The van der Waals surface area contributed by atoms with Crippen molar-refractivity contribution >= 4 is 12.1 Å². The quantitative estimate of drug-likeness (QED) is 0.790. The fraction of sp³-hybridized carbons (Fsp3) is 0.429. The summed E-state index contributed by atoms with van der Waals surface area (Å²) >= 11 is 0. The van der Waals surface area contributed by atoms with E-state index >= 15 is 0 Å². The minimum atomic E-state index is -1.33. The summed E-state index contributed by atoms with van der Waals surface area (Å²) in [6.45, 7) is 4.16. The fourth-order valence-corrected chi connectivity index (χ4v) is 1.64. The highest BCUT2D eigenvalue weighted by Gasteiger charge is 2.19. The molecule has 1 rings (SSSR count). The Kier molecular flexibility index (Phi) is 5.26. The van der Waals surface area contributed by atoms with Crippen LogP contribution in [0.1, 0.15) is 42.3 Å². The fourth-order valence-electron chi connectivity index (χ4n) is 1.64. The van der Waals surface area contributed by atoms with Gasteiger partial charge in [-0.25, -0.2) is 14.0 Å². The Balaban J connectivity index is 2.86. The lowest BCUT2D eigenvalue weighted by Gasteiger charge is -2.20. The van der Waals surface area contributed by atoms with Gasteiger partial charge >= 0.3 is 12.1 Å². The van der Waals surface area contributed by atoms with Crippen LogP contribution in [0.25, 0.3) is 0 Å². The molecule has 1 aromatic carbocycles. The predicted octanol–water partition coefficient (Wildman–Crippen LogP) is 2.04. The number of aliphatic hydroxyl groups is 1. The highest BCUT2D eigenvalue weighted by atomic mass is 19.1. The number of hydrogen-bond donors (Lipinski definition) is 3. The van der Waals surface area contributed by atoms with E-state index in [4.69, 9.17) is 14.9 Å². The van der Waals surface area contributed by atoms with Gasteiger partial charge in [0.25, 0.3) is 0 Å². The molecule has 7 heteroatoms. The second kappa shape index (κ2) is 6.53. The second-order valence-electron chi connectivity index (χ2n) is 5.38. The Morgan fingerprint density at radius 1 is 1.33 bits per heavy atom. The molecular formula is C14H18FNO5. The summed E-state index contributed by atoms with van der Waals surface area (Å²) in [5, 5.41) is 20.3. The number of alkyl carbamates (subject to hydrolysis) is 1. The molecular weight excluding hydrogens is 281 g/mol. The third kappa shape index (κ3) is 4.71. The summed E-state index contributed by atoms with van der Waals surface area (Å²) in [4.78, 5) is 22.4. The molecule has 0 unspecified atom stereocenters. The molecule has 0 aromatic heterocycles. The van der Waals surface area contributed by atoms with Crippen molar-refractivity contribution in [2.45, 2.75) is 39.5 Å². The zero-order valence-electron chi connectivity index (χ0n) is 12.1. The number of ether oxygens (including phenoxy) is 1. The molecule has 0 saturated carbocycles. The van der Waals surface area contributed by atoms with Gasteiger partial charge in [-0.2, -0.15) is 0 Å². The molecule has 0 aliphatic rings. The van der Waals surface area contributed by atoms with Gasteiger partial charge in [-0.3, -0.25) is 0 Å². The molecule has 0 spiro atoms. The number of nitrogens with one attached hydrogen (secondary N) is 1. The summed E-state index contributed by atoms with van der Waals surface area (Å²) in [5.74, 6) is -2.18. The Bertz CT molecular complexity index is 551. The number of rotatable bonds is 4. The summed E-state index contributed by atoms with van der Waals surface area (Å²) in [5.41, 5.74) is -1.23. The van der Waals surface area contributed by atoms with Crippen molar-refractivity contribution in [3.05, 3.63) is 34.6 Å². The van der Waals surface area contributed by atoms with E-state index < -0.39 is 30.1 Å². The Morgan fingerprint density at radius 2 is 1.95 bits per heavy atom. The van der Waals surface area contributed by atoms with E-state index in [0.717, 1.165) is 0 Å². The molecule has 0 atom stereocenters. The molecule has 1 amide bonds. The molecule has 6 nitrogen and oxygen atoms in total. The second-order valence-corrected chi connectivity index (χ2v) is 5.38. The molecule has 3 N–H and O–H groups in total. The molecule has 21 heavy (non-hydrogen) atoms. The zero-order valence-corrected chi connectivity index (χ0v) is 12.1. The zero-order chi connectivity index (χ0) is 16.2. The van der Waals surface area contributed by atoms with Crippen molar-refractivity contribution in [3.63, 3.8) is 0 Å². The van der Waals surface area contributed by atoms with E-state index in [2.05, 4.69) is 5.32 Å². The molecule has 0 saturated heterocycles. The number of hydrogen-bond acceptors (Lipinski definition) is 4. The van der Waals surface area contributed by atoms with Gasteiger partial charge in [0, 0.05) is 17.7 Å². The number of carboxylic acid groups (broad SMARTS) is 1. The number of amides is 1. The molecule has 1 aromatic rings. The first-order valence-corrected chi connectivity index (χ1v) is 6.27. The standard InChI is InChI=1S/C14H18FNO5/c1-14(2,3)21-13(20)16-6-8-4-5-9(12(18)19)10(7-17)11(8)15/h4-5,17H,6-7H2,1-3H3,(H,16,20)(H,18,19). The lowest BCUT2D eigenvalue weighted by atomic mass is 10.0. The summed E-state index contributed by atoms with van der Waals surface area (Å²) in [6, 6.07) is 2.43. The van der Waals surface area contributed by atoms with Crippen LogP contribution in [0.3, 0.4) is 0 Å². The van der Waals surface area contributed by atoms with E-state index in [9.17, 15) is 14.0 Å². The maximum Gasteiger partial charge on any atom is 0.407 e. The minimum absolute atomic E-state index is 0.0647. The number of carbonyl (C=O) groups is 2. The number of halogens is 1. The third-order valence-electron chi connectivity index (χ3n) is 2.53. The number of benzene rings is 1. The largest absolute Gasteiger partial charge is 0.478 e. The molecule has 0 radical (unpaired) electrons. The van der Waals surface area contributed by atoms with Gasteiger partial charge in [-0.05, 0) is 26.8 Å². The molecule has 0 heterocycles. The Labute approximate surface area is 121 Å². The summed E-state index contributed by atoms with van der Waals surface area (Å²) < 4.78 is 19.1. The summed E-state index contributed by atoms with van der Waals surface area (Å²) in [6.07, 6.45) is -0.713. The SMILES string of the molecule is CC(C)(C)OC(=O)NCc1ccc(C(=O)O)c(CO)c1F. The van der Waals surface area contributed by atoms with Gasteiger partial charge in [0.05, 0.1) is 12.2 Å². The Morgan fingerprint density at radius 3 is 2.43 bits per heavy atom. The maximum atomic E-state index is 14.1. The topological polar surface area (TPSA) is 95.9 Å². The van der Waals surface area contributed by atoms with Crippen molar-refractivity contribution < 1.29 is 28.9 Å². The van der Waals surface area contributed by atoms with Crippen molar-refractivity contribution in [3.8, 4) is 0 Å². The molecule has 116 valence electrons. The number of carbonyl (C=O) groups excluding carboxylic acids is 1.